The van der Waals surface area contributed by atoms with Crippen molar-refractivity contribution >= 4 is 17.6 Å². The summed E-state index contributed by atoms with van der Waals surface area (Å²) in [6.45, 7) is 4.06. The summed E-state index contributed by atoms with van der Waals surface area (Å²) in [5.41, 5.74) is 2.13. The lowest BCUT2D eigenvalue weighted by Gasteiger charge is -2.29. The predicted octanol–water partition coefficient (Wildman–Crippen LogP) is 3.36. The van der Waals surface area contributed by atoms with Crippen LogP contribution in [-0.2, 0) is 4.79 Å². The number of anilines is 1. The first-order chi connectivity index (χ1) is 13.5. The van der Waals surface area contributed by atoms with Gasteiger partial charge in [0.05, 0.1) is 31.0 Å². The third-order valence-electron chi connectivity index (χ3n) is 4.40. The van der Waals surface area contributed by atoms with Gasteiger partial charge < -0.3 is 25.4 Å². The van der Waals surface area contributed by atoms with Crippen LogP contribution in [0, 0.1) is 0 Å². The molecule has 3 amide bonds. The summed E-state index contributed by atoms with van der Waals surface area (Å²) in [7, 11) is 1.55. The maximum absolute atomic E-state index is 13.2. The number of carbonyl (C=O) groups excluding carboxylic acids is 2. The Bertz CT molecular complexity index is 923. The third-order valence-corrected chi connectivity index (χ3v) is 4.40. The Balaban J connectivity index is 1.98. The van der Waals surface area contributed by atoms with E-state index < -0.39 is 6.04 Å². The van der Waals surface area contributed by atoms with E-state index >= 15 is 0 Å². The van der Waals surface area contributed by atoms with Crippen LogP contribution in [0.5, 0.6) is 11.5 Å². The van der Waals surface area contributed by atoms with Crippen molar-refractivity contribution in [3.05, 3.63) is 65.4 Å². The van der Waals surface area contributed by atoms with Gasteiger partial charge in [-0.05, 0) is 32.0 Å². The van der Waals surface area contributed by atoms with Crippen molar-refractivity contribution in [3.8, 4) is 11.5 Å². The molecule has 3 rings (SSSR count). The number of ether oxygens (including phenoxy) is 2. The molecular formula is C21H23N3O4. The first kappa shape index (κ1) is 19.3. The van der Waals surface area contributed by atoms with Gasteiger partial charge in [0.25, 0.3) is 5.91 Å². The average Bonchev–Trinajstić information content (AvgIpc) is 2.69. The Hall–Kier alpha value is -3.48. The molecule has 1 heterocycles. The number of allylic oxidation sites excluding steroid dienone is 1. The molecule has 7 heteroatoms. The number of rotatable bonds is 6. The van der Waals surface area contributed by atoms with E-state index in [9.17, 15) is 9.59 Å². The average molecular weight is 381 g/mol. The summed E-state index contributed by atoms with van der Waals surface area (Å²) in [6.07, 6.45) is 0. The molecule has 0 bridgehead atoms. The van der Waals surface area contributed by atoms with Crippen LogP contribution >= 0.6 is 0 Å². The fourth-order valence-corrected chi connectivity index (χ4v) is 3.17. The van der Waals surface area contributed by atoms with Crippen LogP contribution in [0.1, 0.15) is 25.5 Å². The van der Waals surface area contributed by atoms with E-state index in [2.05, 4.69) is 16.0 Å². The van der Waals surface area contributed by atoms with Crippen molar-refractivity contribution in [2.75, 3.05) is 19.0 Å². The molecule has 0 fully saturated rings. The van der Waals surface area contributed by atoms with Gasteiger partial charge in [-0.3, -0.25) is 4.79 Å². The Morgan fingerprint density at radius 1 is 1.11 bits per heavy atom. The molecule has 2 aromatic carbocycles. The number of carbonyl (C=O) groups is 2. The van der Waals surface area contributed by atoms with Gasteiger partial charge in [-0.1, -0.05) is 30.3 Å². The van der Waals surface area contributed by atoms with Crippen molar-refractivity contribution < 1.29 is 19.1 Å². The SMILES string of the molecule is CCOc1ccccc1NC(=O)C1=C(C)NC(=O)N[C@H]1c1ccccc1OC. The highest BCUT2D eigenvalue weighted by Crippen LogP contribution is 2.34. The van der Waals surface area contributed by atoms with Crippen LogP contribution in [0.15, 0.2) is 59.8 Å². The van der Waals surface area contributed by atoms with Gasteiger partial charge in [0.15, 0.2) is 0 Å². The lowest BCUT2D eigenvalue weighted by Crippen LogP contribution is -2.46. The molecule has 0 saturated carbocycles. The highest BCUT2D eigenvalue weighted by Gasteiger charge is 2.33. The number of nitrogens with one attached hydrogen (secondary N) is 3. The Kier molecular flexibility index (Phi) is 5.84. The number of hydrogen-bond donors (Lipinski definition) is 3. The zero-order valence-electron chi connectivity index (χ0n) is 16.0. The van der Waals surface area contributed by atoms with Crippen LogP contribution < -0.4 is 25.4 Å². The molecule has 1 aliphatic heterocycles. The lowest BCUT2D eigenvalue weighted by atomic mass is 9.94. The smallest absolute Gasteiger partial charge is 0.319 e. The maximum atomic E-state index is 13.2. The van der Waals surface area contributed by atoms with Crippen molar-refractivity contribution in [2.24, 2.45) is 0 Å². The summed E-state index contributed by atoms with van der Waals surface area (Å²) in [4.78, 5) is 25.2. The number of para-hydroxylation sites is 3. The maximum Gasteiger partial charge on any atom is 0.319 e. The summed E-state index contributed by atoms with van der Waals surface area (Å²) in [5.74, 6) is 0.828. The molecule has 0 unspecified atom stereocenters. The molecule has 146 valence electrons. The van der Waals surface area contributed by atoms with Gasteiger partial charge in [0.1, 0.15) is 11.5 Å². The zero-order valence-corrected chi connectivity index (χ0v) is 16.0. The van der Waals surface area contributed by atoms with E-state index in [1.807, 2.05) is 37.3 Å². The quantitative estimate of drug-likeness (QED) is 0.716. The predicted molar refractivity (Wildman–Crippen MR) is 106 cm³/mol. The van der Waals surface area contributed by atoms with Crippen LogP contribution in [0.2, 0.25) is 0 Å². The van der Waals surface area contributed by atoms with Gasteiger partial charge in [0.2, 0.25) is 0 Å². The summed E-state index contributed by atoms with van der Waals surface area (Å²) >= 11 is 0. The van der Waals surface area contributed by atoms with E-state index in [1.165, 1.54) is 0 Å². The van der Waals surface area contributed by atoms with Crippen molar-refractivity contribution in [1.82, 2.24) is 10.6 Å². The minimum absolute atomic E-state index is 0.340. The zero-order chi connectivity index (χ0) is 20.1. The third kappa shape index (κ3) is 3.93. The Morgan fingerprint density at radius 2 is 1.79 bits per heavy atom. The monoisotopic (exact) mass is 381 g/mol. The normalized spacial score (nSPS) is 16.1. The molecule has 0 aliphatic carbocycles. The molecule has 28 heavy (non-hydrogen) atoms. The largest absolute Gasteiger partial charge is 0.496 e. The fraction of sp³-hybridized carbons (Fsp3) is 0.238. The molecule has 1 aliphatic rings. The molecule has 0 saturated heterocycles. The summed E-state index contributed by atoms with van der Waals surface area (Å²) in [6, 6.07) is 13.5. The van der Waals surface area contributed by atoms with Gasteiger partial charge in [0, 0.05) is 11.3 Å². The second-order valence-electron chi connectivity index (χ2n) is 6.20. The minimum atomic E-state index is -0.649. The first-order valence-corrected chi connectivity index (χ1v) is 8.99. The summed E-state index contributed by atoms with van der Waals surface area (Å²) < 4.78 is 11.0. The molecule has 3 N–H and O–H groups in total. The number of benzene rings is 2. The number of amides is 3. The van der Waals surface area contributed by atoms with Gasteiger partial charge >= 0.3 is 6.03 Å². The van der Waals surface area contributed by atoms with Crippen LogP contribution in [0.4, 0.5) is 10.5 Å². The minimum Gasteiger partial charge on any atom is -0.496 e. The van der Waals surface area contributed by atoms with Gasteiger partial charge in [-0.25, -0.2) is 4.79 Å². The summed E-state index contributed by atoms with van der Waals surface area (Å²) in [5, 5.41) is 8.38. The van der Waals surface area contributed by atoms with Gasteiger partial charge in [-0.2, -0.15) is 0 Å². The number of methoxy groups -OCH3 is 1. The Morgan fingerprint density at radius 3 is 2.50 bits per heavy atom. The molecule has 0 radical (unpaired) electrons. The molecule has 2 aromatic rings. The second kappa shape index (κ2) is 8.47. The molecule has 0 aromatic heterocycles. The van der Waals surface area contributed by atoms with Crippen LogP contribution in [0.3, 0.4) is 0 Å². The Labute approximate surface area is 163 Å². The molecule has 0 spiro atoms. The fourth-order valence-electron chi connectivity index (χ4n) is 3.17. The second-order valence-corrected chi connectivity index (χ2v) is 6.20. The van der Waals surface area contributed by atoms with E-state index in [0.717, 1.165) is 0 Å². The van der Waals surface area contributed by atoms with E-state index in [-0.39, 0.29) is 11.9 Å². The van der Waals surface area contributed by atoms with Crippen LogP contribution in [-0.4, -0.2) is 25.7 Å². The number of hydrogen-bond acceptors (Lipinski definition) is 4. The first-order valence-electron chi connectivity index (χ1n) is 8.99. The lowest BCUT2D eigenvalue weighted by molar-refractivity contribution is -0.113. The van der Waals surface area contributed by atoms with Gasteiger partial charge in [-0.15, -0.1) is 0 Å². The highest BCUT2D eigenvalue weighted by atomic mass is 16.5. The molecule has 7 nitrogen and oxygen atoms in total. The van der Waals surface area contributed by atoms with E-state index in [4.69, 9.17) is 9.47 Å². The number of urea groups is 1. The standard InChI is InChI=1S/C21H23N3O4/c1-4-28-17-12-8-6-10-15(17)23-20(25)18-13(2)22-21(26)24-19(18)14-9-5-7-11-16(14)27-3/h5-12,19H,4H2,1-3H3,(H,23,25)(H2,22,24,26)/t19-/m0/s1. The highest BCUT2D eigenvalue weighted by molar-refractivity contribution is 6.07. The van der Waals surface area contributed by atoms with E-state index in [1.54, 1.807) is 32.2 Å². The van der Waals surface area contributed by atoms with Crippen molar-refractivity contribution in [2.45, 2.75) is 19.9 Å². The van der Waals surface area contributed by atoms with Crippen molar-refractivity contribution in [3.63, 3.8) is 0 Å². The van der Waals surface area contributed by atoms with Crippen LogP contribution in [0.25, 0.3) is 0 Å². The molecular weight excluding hydrogens is 358 g/mol. The molecule has 1 atom stereocenters. The topological polar surface area (TPSA) is 88.7 Å². The van der Waals surface area contributed by atoms with Crippen molar-refractivity contribution in [1.29, 1.82) is 0 Å². The van der Waals surface area contributed by atoms with E-state index in [0.29, 0.717) is 40.6 Å².